The van der Waals surface area contributed by atoms with Crippen molar-refractivity contribution in [1.29, 1.82) is 0 Å². The van der Waals surface area contributed by atoms with Gasteiger partial charge in [-0.15, -0.1) is 0 Å². The Hall–Kier alpha value is -3.40. The van der Waals surface area contributed by atoms with Crippen molar-refractivity contribution in [1.82, 2.24) is 5.06 Å². The molecule has 0 aliphatic heterocycles. The van der Waals surface area contributed by atoms with Gasteiger partial charge in [0.1, 0.15) is 18.5 Å². The second-order valence-electron chi connectivity index (χ2n) is 13.5. The second kappa shape index (κ2) is 11.2. The first-order valence-electron chi connectivity index (χ1n) is 15.3. The van der Waals surface area contributed by atoms with Crippen molar-refractivity contribution in [3.63, 3.8) is 0 Å². The minimum absolute atomic E-state index is 0.0211. The smallest absolute Gasteiger partial charge is 0.307 e. The number of hydrogen-bond donors (Lipinski definition) is 3. The molecule has 2 aromatic rings. The summed E-state index contributed by atoms with van der Waals surface area (Å²) in [7, 11) is 0. The fraction of sp³-hybridized carbons (Fsp3) is 0.486. The van der Waals surface area contributed by atoms with E-state index in [0.29, 0.717) is 12.4 Å². The van der Waals surface area contributed by atoms with Crippen molar-refractivity contribution in [2.75, 3.05) is 6.54 Å². The molecule has 7 nitrogen and oxygen atoms in total. The van der Waals surface area contributed by atoms with Crippen molar-refractivity contribution in [2.45, 2.75) is 64.2 Å². The maximum Gasteiger partial charge on any atom is 0.307 e. The molecule has 3 N–H and O–H groups in total. The average molecular weight is 608 g/mol. The SMILES string of the molecule is CC12CC(O)C3(F)C(CC(F)C4=CC(=O)C=CC43C)C1CC(CN(O)Cc1ccc(OCc3ccccc3)cc1)C2C(=O)O. The Morgan fingerprint density at radius 1 is 1.05 bits per heavy atom. The van der Waals surface area contributed by atoms with Gasteiger partial charge >= 0.3 is 5.97 Å². The molecular weight excluding hydrogens is 568 g/mol. The van der Waals surface area contributed by atoms with Crippen LogP contribution >= 0.6 is 0 Å². The molecule has 9 atom stereocenters. The van der Waals surface area contributed by atoms with Crippen LogP contribution in [0.25, 0.3) is 0 Å². The number of carbonyl (C=O) groups excluding carboxylic acids is 1. The summed E-state index contributed by atoms with van der Waals surface area (Å²) in [6.07, 6.45) is 0.519. The van der Waals surface area contributed by atoms with Gasteiger partial charge < -0.3 is 20.2 Å². The minimum Gasteiger partial charge on any atom is -0.489 e. The molecule has 0 aromatic heterocycles. The number of allylic oxidation sites excluding steroid dienone is 4. The zero-order valence-electron chi connectivity index (χ0n) is 24.9. The number of halogens is 2. The van der Waals surface area contributed by atoms with E-state index in [2.05, 4.69) is 0 Å². The molecule has 0 bridgehead atoms. The summed E-state index contributed by atoms with van der Waals surface area (Å²) in [5.74, 6) is -3.84. The highest BCUT2D eigenvalue weighted by Crippen LogP contribution is 2.70. The van der Waals surface area contributed by atoms with Gasteiger partial charge in [0, 0.05) is 24.4 Å². The van der Waals surface area contributed by atoms with E-state index in [4.69, 9.17) is 4.74 Å². The van der Waals surface area contributed by atoms with Crippen LogP contribution in [0.1, 0.15) is 44.2 Å². The first kappa shape index (κ1) is 30.6. The number of carboxylic acid groups (broad SMARTS) is 1. The zero-order chi connectivity index (χ0) is 31.4. The molecule has 0 spiro atoms. The van der Waals surface area contributed by atoms with Crippen LogP contribution in [0.2, 0.25) is 0 Å². The molecule has 6 rings (SSSR count). The highest BCUT2D eigenvalue weighted by molar-refractivity contribution is 6.01. The highest BCUT2D eigenvalue weighted by Gasteiger charge is 2.73. The topological polar surface area (TPSA) is 107 Å². The van der Waals surface area contributed by atoms with Gasteiger partial charge in [0.2, 0.25) is 0 Å². The quantitative estimate of drug-likeness (QED) is 0.331. The van der Waals surface area contributed by atoms with Crippen LogP contribution in [0, 0.1) is 34.5 Å². The van der Waals surface area contributed by atoms with Crippen molar-refractivity contribution in [3.8, 4) is 5.75 Å². The van der Waals surface area contributed by atoms with E-state index >= 15 is 8.78 Å². The molecule has 44 heavy (non-hydrogen) atoms. The summed E-state index contributed by atoms with van der Waals surface area (Å²) in [5.41, 5.74) is -2.94. The third-order valence-electron chi connectivity index (χ3n) is 11.0. The molecule has 0 heterocycles. The van der Waals surface area contributed by atoms with Gasteiger partial charge in [0.05, 0.1) is 12.0 Å². The summed E-state index contributed by atoms with van der Waals surface area (Å²) in [5, 5.41) is 33.9. The van der Waals surface area contributed by atoms with Crippen LogP contribution in [0.5, 0.6) is 5.75 Å². The third kappa shape index (κ3) is 4.89. The van der Waals surface area contributed by atoms with Crippen molar-refractivity contribution in [2.24, 2.45) is 34.5 Å². The van der Waals surface area contributed by atoms with E-state index in [-0.39, 0.29) is 37.9 Å². The first-order valence-corrected chi connectivity index (χ1v) is 15.3. The average Bonchev–Trinajstić information content (AvgIpc) is 3.27. The number of ether oxygens (including phenoxy) is 1. The van der Waals surface area contributed by atoms with Crippen LogP contribution in [0.3, 0.4) is 0 Å². The molecule has 9 heteroatoms. The summed E-state index contributed by atoms with van der Waals surface area (Å²) in [6.45, 7) is 3.87. The predicted molar refractivity (Wildman–Crippen MR) is 158 cm³/mol. The predicted octanol–water partition coefficient (Wildman–Crippen LogP) is 5.70. The van der Waals surface area contributed by atoms with Gasteiger partial charge in [-0.2, -0.15) is 5.06 Å². The van der Waals surface area contributed by atoms with E-state index in [1.165, 1.54) is 19.1 Å². The normalized spacial score (nSPS) is 37.6. The largest absolute Gasteiger partial charge is 0.489 e. The van der Waals surface area contributed by atoms with Crippen molar-refractivity contribution in [3.05, 3.63) is 89.5 Å². The Kier molecular flexibility index (Phi) is 7.79. The Morgan fingerprint density at radius 3 is 2.43 bits per heavy atom. The lowest BCUT2D eigenvalue weighted by Gasteiger charge is -2.62. The van der Waals surface area contributed by atoms with E-state index in [9.17, 15) is 25.0 Å². The van der Waals surface area contributed by atoms with Gasteiger partial charge in [-0.25, -0.2) is 8.78 Å². The zero-order valence-corrected chi connectivity index (χ0v) is 24.9. The van der Waals surface area contributed by atoms with E-state index in [0.717, 1.165) is 22.3 Å². The molecule has 3 saturated carbocycles. The number of carbonyl (C=O) groups is 2. The number of hydroxylamine groups is 2. The van der Waals surface area contributed by atoms with Gasteiger partial charge in [0.25, 0.3) is 0 Å². The standard InChI is InChI=1S/C35H39F2NO6/c1-33-17-30(40)35(37)27(16-29(36)28-15-24(39)12-13-34(28,35)2)26(33)14-23(31(33)32(41)42)19-38(43)18-21-8-10-25(11-9-21)44-20-22-6-4-3-5-7-22/h3-13,15,23,26-27,29-31,40,43H,14,16-20H2,1-2H3,(H,41,42). The van der Waals surface area contributed by atoms with E-state index < -0.39 is 64.2 Å². The van der Waals surface area contributed by atoms with Gasteiger partial charge in [-0.05, 0) is 84.4 Å². The fourth-order valence-electron chi connectivity index (χ4n) is 9.03. The lowest BCUT2D eigenvalue weighted by molar-refractivity contribution is -0.204. The molecular formula is C35H39F2NO6. The number of fused-ring (bicyclic) bond motifs is 5. The summed E-state index contributed by atoms with van der Waals surface area (Å²) in [6, 6.07) is 17.1. The van der Waals surface area contributed by atoms with Gasteiger partial charge in [-0.3, -0.25) is 9.59 Å². The molecule has 0 radical (unpaired) electrons. The van der Waals surface area contributed by atoms with E-state index in [1.54, 1.807) is 6.92 Å². The molecule has 4 aliphatic rings. The summed E-state index contributed by atoms with van der Waals surface area (Å²) < 4.78 is 38.9. The number of benzene rings is 2. The number of alkyl halides is 2. The number of aliphatic hydroxyl groups excluding tert-OH is 1. The monoisotopic (exact) mass is 607 g/mol. The fourth-order valence-corrected chi connectivity index (χ4v) is 9.03. The number of hydrogen-bond acceptors (Lipinski definition) is 6. The molecule has 9 unspecified atom stereocenters. The number of aliphatic hydroxyl groups is 1. The summed E-state index contributed by atoms with van der Waals surface area (Å²) in [4.78, 5) is 24.8. The minimum atomic E-state index is -2.27. The molecule has 3 fully saturated rings. The van der Waals surface area contributed by atoms with Crippen LogP contribution in [0.4, 0.5) is 8.78 Å². The van der Waals surface area contributed by atoms with Crippen LogP contribution < -0.4 is 4.74 Å². The molecule has 2 aromatic carbocycles. The molecule has 0 amide bonds. The summed E-state index contributed by atoms with van der Waals surface area (Å²) >= 11 is 0. The second-order valence-corrected chi connectivity index (χ2v) is 13.5. The first-order chi connectivity index (χ1) is 20.9. The number of carboxylic acids is 1. The number of ketones is 1. The Bertz CT molecular complexity index is 1480. The number of rotatable bonds is 8. The third-order valence-corrected chi connectivity index (χ3v) is 11.0. The van der Waals surface area contributed by atoms with E-state index in [1.807, 2.05) is 54.6 Å². The van der Waals surface area contributed by atoms with Gasteiger partial charge in [0.15, 0.2) is 11.5 Å². The van der Waals surface area contributed by atoms with Crippen LogP contribution in [-0.2, 0) is 22.7 Å². The van der Waals surface area contributed by atoms with Crippen molar-refractivity contribution >= 4 is 11.8 Å². The Balaban J connectivity index is 1.19. The number of nitrogens with zero attached hydrogens (tertiary/aromatic N) is 1. The number of aliphatic carboxylic acids is 1. The van der Waals surface area contributed by atoms with Gasteiger partial charge in [-0.1, -0.05) is 55.5 Å². The molecule has 4 aliphatic carbocycles. The van der Waals surface area contributed by atoms with Crippen LogP contribution in [-0.4, -0.2) is 56.7 Å². The van der Waals surface area contributed by atoms with Crippen LogP contribution in [0.15, 0.2) is 78.4 Å². The highest BCUT2D eigenvalue weighted by atomic mass is 19.1. The lowest BCUT2D eigenvalue weighted by Crippen LogP contribution is -2.68. The van der Waals surface area contributed by atoms with Crippen molar-refractivity contribution < 1.29 is 38.5 Å². The molecule has 234 valence electrons. The lowest BCUT2D eigenvalue weighted by atomic mass is 9.45. The Labute approximate surface area is 255 Å². The molecule has 0 saturated heterocycles. The Morgan fingerprint density at radius 2 is 1.75 bits per heavy atom. The maximum absolute atomic E-state index is 17.4. The maximum atomic E-state index is 17.4.